The van der Waals surface area contributed by atoms with Crippen molar-refractivity contribution in [2.75, 3.05) is 6.61 Å². The van der Waals surface area contributed by atoms with Crippen molar-refractivity contribution in [2.24, 2.45) is 0 Å². The van der Waals surface area contributed by atoms with Crippen LogP contribution in [-0.4, -0.2) is 6.61 Å². The fourth-order valence-electron chi connectivity index (χ4n) is 1.29. The summed E-state index contributed by atoms with van der Waals surface area (Å²) in [4.78, 5) is 0. The van der Waals surface area contributed by atoms with Crippen LogP contribution < -0.4 is 4.74 Å². The largest absolute Gasteiger partial charge is 0.490 e. The van der Waals surface area contributed by atoms with Crippen LogP contribution in [0.2, 0.25) is 0 Å². The Labute approximate surface area is 88.4 Å². The van der Waals surface area contributed by atoms with E-state index in [0.717, 1.165) is 12.5 Å². The molecule has 82 valence electrons. The van der Waals surface area contributed by atoms with E-state index in [4.69, 9.17) is 4.74 Å². The van der Waals surface area contributed by atoms with E-state index in [1.165, 1.54) is 6.07 Å². The summed E-state index contributed by atoms with van der Waals surface area (Å²) in [7, 11) is 0. The second-order valence-electron chi connectivity index (χ2n) is 3.22. The summed E-state index contributed by atoms with van der Waals surface area (Å²) in [5.41, 5.74) is 0.496. The van der Waals surface area contributed by atoms with Crippen LogP contribution in [-0.2, 0) is 6.42 Å². The van der Waals surface area contributed by atoms with Crippen LogP contribution in [0.3, 0.4) is 0 Å². The Morgan fingerprint density at radius 2 is 2.13 bits per heavy atom. The first-order chi connectivity index (χ1) is 7.19. The zero-order valence-corrected chi connectivity index (χ0v) is 8.72. The number of allylic oxidation sites excluding steroid dienone is 1. The number of hydrogen-bond acceptors (Lipinski definition) is 1. The average molecular weight is 212 g/mol. The molecule has 0 aromatic heterocycles. The molecule has 0 saturated carbocycles. The molecule has 0 aliphatic carbocycles. The SMILES string of the molecule is C=CCc1cc(F)cc(F)c1OCCC. The van der Waals surface area contributed by atoms with Crippen molar-refractivity contribution < 1.29 is 13.5 Å². The minimum Gasteiger partial charge on any atom is -0.490 e. The van der Waals surface area contributed by atoms with Crippen LogP contribution >= 0.6 is 0 Å². The first-order valence-corrected chi connectivity index (χ1v) is 4.90. The summed E-state index contributed by atoms with van der Waals surface area (Å²) < 4.78 is 31.5. The lowest BCUT2D eigenvalue weighted by Gasteiger charge is -2.10. The van der Waals surface area contributed by atoms with E-state index in [9.17, 15) is 8.78 Å². The third-order valence-corrected chi connectivity index (χ3v) is 1.90. The van der Waals surface area contributed by atoms with E-state index < -0.39 is 11.6 Å². The van der Waals surface area contributed by atoms with Gasteiger partial charge < -0.3 is 4.74 Å². The fraction of sp³-hybridized carbons (Fsp3) is 0.333. The van der Waals surface area contributed by atoms with Crippen molar-refractivity contribution in [1.82, 2.24) is 0 Å². The van der Waals surface area contributed by atoms with Crippen molar-refractivity contribution in [3.63, 3.8) is 0 Å². The first-order valence-electron chi connectivity index (χ1n) is 4.90. The molecule has 15 heavy (non-hydrogen) atoms. The molecule has 0 heterocycles. The second kappa shape index (κ2) is 5.49. The molecule has 1 rings (SSSR count). The third-order valence-electron chi connectivity index (χ3n) is 1.90. The molecule has 0 spiro atoms. The summed E-state index contributed by atoms with van der Waals surface area (Å²) in [6.45, 7) is 5.88. The van der Waals surface area contributed by atoms with Gasteiger partial charge in [0.15, 0.2) is 11.6 Å². The molecule has 0 saturated heterocycles. The smallest absolute Gasteiger partial charge is 0.168 e. The second-order valence-corrected chi connectivity index (χ2v) is 3.22. The minimum absolute atomic E-state index is 0.137. The van der Waals surface area contributed by atoms with Crippen LogP contribution in [0.1, 0.15) is 18.9 Å². The van der Waals surface area contributed by atoms with Gasteiger partial charge in [-0.2, -0.15) is 0 Å². The van der Waals surface area contributed by atoms with Crippen molar-refractivity contribution in [3.05, 3.63) is 42.0 Å². The third kappa shape index (κ3) is 3.05. The maximum absolute atomic E-state index is 13.4. The maximum atomic E-state index is 13.4. The Morgan fingerprint density at radius 3 is 2.73 bits per heavy atom. The van der Waals surface area contributed by atoms with Crippen molar-refractivity contribution >= 4 is 0 Å². The van der Waals surface area contributed by atoms with Gasteiger partial charge in [-0.25, -0.2) is 8.78 Å². The van der Waals surface area contributed by atoms with Gasteiger partial charge in [0.25, 0.3) is 0 Å². The predicted octanol–water partition coefficient (Wildman–Crippen LogP) is 3.48. The van der Waals surface area contributed by atoms with Gasteiger partial charge in [0.1, 0.15) is 5.82 Å². The number of ether oxygens (including phenoxy) is 1. The van der Waals surface area contributed by atoms with E-state index >= 15 is 0 Å². The minimum atomic E-state index is -0.652. The fourth-order valence-corrected chi connectivity index (χ4v) is 1.29. The van der Waals surface area contributed by atoms with Gasteiger partial charge in [-0.3, -0.25) is 0 Å². The Hall–Kier alpha value is -1.38. The highest BCUT2D eigenvalue weighted by Gasteiger charge is 2.11. The lowest BCUT2D eigenvalue weighted by molar-refractivity contribution is 0.297. The van der Waals surface area contributed by atoms with E-state index in [2.05, 4.69) is 6.58 Å². The monoisotopic (exact) mass is 212 g/mol. The molecule has 0 atom stereocenters. The van der Waals surface area contributed by atoms with Crippen molar-refractivity contribution in [1.29, 1.82) is 0 Å². The van der Waals surface area contributed by atoms with Gasteiger partial charge in [-0.05, 0) is 18.9 Å². The number of hydrogen-bond donors (Lipinski definition) is 0. The molecular weight excluding hydrogens is 198 g/mol. The highest BCUT2D eigenvalue weighted by atomic mass is 19.1. The number of halogens is 2. The zero-order chi connectivity index (χ0) is 11.3. The highest BCUT2D eigenvalue weighted by molar-refractivity contribution is 5.36. The molecule has 3 heteroatoms. The normalized spacial score (nSPS) is 10.1. The Kier molecular flexibility index (Phi) is 4.28. The van der Waals surface area contributed by atoms with Crippen LogP contribution in [0.15, 0.2) is 24.8 Å². The molecule has 0 N–H and O–H groups in total. The quantitative estimate of drug-likeness (QED) is 0.679. The van der Waals surface area contributed by atoms with E-state index in [1.807, 2.05) is 6.92 Å². The Bertz CT molecular complexity index is 348. The molecule has 0 aliphatic rings. The van der Waals surface area contributed by atoms with Crippen molar-refractivity contribution in [3.8, 4) is 5.75 Å². The highest BCUT2D eigenvalue weighted by Crippen LogP contribution is 2.25. The molecule has 0 radical (unpaired) electrons. The summed E-state index contributed by atoms with van der Waals surface area (Å²) in [5, 5.41) is 0. The molecule has 0 bridgehead atoms. The number of rotatable bonds is 5. The van der Waals surface area contributed by atoms with Gasteiger partial charge in [0.2, 0.25) is 0 Å². The van der Waals surface area contributed by atoms with Gasteiger partial charge >= 0.3 is 0 Å². The summed E-state index contributed by atoms with van der Waals surface area (Å²) in [5.74, 6) is -1.10. The first kappa shape index (κ1) is 11.7. The van der Waals surface area contributed by atoms with E-state index in [-0.39, 0.29) is 5.75 Å². The lowest BCUT2D eigenvalue weighted by atomic mass is 10.1. The van der Waals surface area contributed by atoms with Crippen LogP contribution in [0, 0.1) is 11.6 Å². The van der Waals surface area contributed by atoms with E-state index in [1.54, 1.807) is 6.08 Å². The molecule has 0 amide bonds. The molecule has 1 aromatic rings. The van der Waals surface area contributed by atoms with Crippen molar-refractivity contribution in [2.45, 2.75) is 19.8 Å². The van der Waals surface area contributed by atoms with Gasteiger partial charge in [-0.1, -0.05) is 13.0 Å². The van der Waals surface area contributed by atoms with Crippen LogP contribution in [0.5, 0.6) is 5.75 Å². The number of benzene rings is 1. The summed E-state index contributed by atoms with van der Waals surface area (Å²) >= 11 is 0. The molecule has 0 aliphatic heterocycles. The molecular formula is C12H14F2O. The standard InChI is InChI=1S/C12H14F2O/c1-3-5-9-7-10(13)8-11(14)12(9)15-6-4-2/h3,7-8H,1,4-6H2,2H3. The van der Waals surface area contributed by atoms with Gasteiger partial charge in [-0.15, -0.1) is 6.58 Å². The van der Waals surface area contributed by atoms with E-state index in [0.29, 0.717) is 18.6 Å². The lowest BCUT2D eigenvalue weighted by Crippen LogP contribution is -2.02. The molecule has 1 aromatic carbocycles. The topological polar surface area (TPSA) is 9.23 Å². The molecule has 1 nitrogen and oxygen atoms in total. The Morgan fingerprint density at radius 1 is 1.40 bits per heavy atom. The average Bonchev–Trinajstić information content (AvgIpc) is 2.17. The Balaban J connectivity index is 3.02. The van der Waals surface area contributed by atoms with Crippen LogP contribution in [0.4, 0.5) is 8.78 Å². The summed E-state index contributed by atoms with van der Waals surface area (Å²) in [6.07, 6.45) is 2.77. The zero-order valence-electron chi connectivity index (χ0n) is 8.72. The van der Waals surface area contributed by atoms with Gasteiger partial charge in [0, 0.05) is 11.6 Å². The van der Waals surface area contributed by atoms with Crippen LogP contribution in [0.25, 0.3) is 0 Å². The summed E-state index contributed by atoms with van der Waals surface area (Å²) in [6, 6.07) is 2.10. The predicted molar refractivity (Wildman–Crippen MR) is 56.0 cm³/mol. The molecule has 0 fully saturated rings. The maximum Gasteiger partial charge on any atom is 0.168 e. The molecule has 0 unspecified atom stereocenters. The van der Waals surface area contributed by atoms with Gasteiger partial charge in [0.05, 0.1) is 6.61 Å².